The molecule has 2 nitrogen and oxygen atoms in total. The van der Waals surface area contributed by atoms with Gasteiger partial charge in [-0.25, -0.2) is 0 Å². The Labute approximate surface area is 120 Å². The van der Waals surface area contributed by atoms with Crippen LogP contribution in [0.3, 0.4) is 0 Å². The van der Waals surface area contributed by atoms with Crippen LogP contribution in [0.4, 0.5) is 0 Å². The molecule has 2 saturated carbocycles. The van der Waals surface area contributed by atoms with E-state index in [1.54, 1.807) is 0 Å². The van der Waals surface area contributed by atoms with E-state index in [1.165, 1.54) is 57.8 Å². The molecule has 0 radical (unpaired) electrons. The van der Waals surface area contributed by atoms with Crippen LogP contribution in [0.2, 0.25) is 0 Å². The lowest BCUT2D eigenvalue weighted by Crippen LogP contribution is -2.47. The molecule has 0 aromatic rings. The highest BCUT2D eigenvalue weighted by atomic mass is 15.2. The fourth-order valence-corrected chi connectivity index (χ4v) is 4.24. The van der Waals surface area contributed by atoms with E-state index in [0.717, 1.165) is 24.5 Å². The van der Waals surface area contributed by atoms with Gasteiger partial charge in [-0.2, -0.15) is 0 Å². The fraction of sp³-hybridized carbons (Fsp3) is 1.00. The summed E-state index contributed by atoms with van der Waals surface area (Å²) in [5, 5.41) is 0. The molecule has 19 heavy (non-hydrogen) atoms. The Morgan fingerprint density at radius 1 is 1.00 bits per heavy atom. The first kappa shape index (κ1) is 15.3. The third kappa shape index (κ3) is 3.95. The van der Waals surface area contributed by atoms with Crippen molar-refractivity contribution in [3.05, 3.63) is 0 Å². The number of rotatable bonds is 3. The summed E-state index contributed by atoms with van der Waals surface area (Å²) in [6, 6.07) is 1.56. The first-order valence-corrected chi connectivity index (χ1v) is 8.45. The first-order chi connectivity index (χ1) is 9.03. The third-order valence-electron chi connectivity index (χ3n) is 5.83. The smallest absolute Gasteiger partial charge is 0.0135 e. The minimum absolute atomic E-state index is 0.577. The van der Waals surface area contributed by atoms with Crippen LogP contribution >= 0.6 is 0 Å². The standard InChI is InChI=1S/C17H34N2/c1-17(2)11-9-15(10-12-17)19(3)16-8-6-4-5-7-14(16)13-18/h14-16H,4-13,18H2,1-3H3. The SMILES string of the molecule is CN(C1CCC(C)(C)CC1)C1CCCCCC1CN. The molecule has 112 valence electrons. The van der Waals surface area contributed by atoms with Gasteiger partial charge in [-0.3, -0.25) is 0 Å². The summed E-state index contributed by atoms with van der Waals surface area (Å²) in [5.74, 6) is 0.738. The van der Waals surface area contributed by atoms with Crippen LogP contribution in [0.15, 0.2) is 0 Å². The van der Waals surface area contributed by atoms with Gasteiger partial charge in [-0.15, -0.1) is 0 Å². The van der Waals surface area contributed by atoms with Crippen molar-refractivity contribution in [2.75, 3.05) is 13.6 Å². The van der Waals surface area contributed by atoms with Gasteiger partial charge in [-0.1, -0.05) is 33.1 Å². The second-order valence-electron chi connectivity index (χ2n) is 7.76. The zero-order valence-corrected chi connectivity index (χ0v) is 13.3. The van der Waals surface area contributed by atoms with Crippen molar-refractivity contribution >= 4 is 0 Å². The molecule has 0 heterocycles. The van der Waals surface area contributed by atoms with Crippen LogP contribution in [0.1, 0.15) is 71.6 Å². The molecule has 2 heteroatoms. The van der Waals surface area contributed by atoms with Gasteiger partial charge in [0.2, 0.25) is 0 Å². The van der Waals surface area contributed by atoms with E-state index in [1.807, 2.05) is 0 Å². The molecule has 0 aromatic carbocycles. The molecule has 0 spiro atoms. The number of hydrogen-bond acceptors (Lipinski definition) is 2. The Morgan fingerprint density at radius 2 is 1.63 bits per heavy atom. The first-order valence-electron chi connectivity index (χ1n) is 8.45. The quantitative estimate of drug-likeness (QED) is 0.787. The van der Waals surface area contributed by atoms with E-state index >= 15 is 0 Å². The van der Waals surface area contributed by atoms with Gasteiger partial charge in [0, 0.05) is 12.1 Å². The van der Waals surface area contributed by atoms with Gasteiger partial charge in [0.15, 0.2) is 0 Å². The topological polar surface area (TPSA) is 29.3 Å². The summed E-state index contributed by atoms with van der Waals surface area (Å²) in [7, 11) is 2.38. The van der Waals surface area contributed by atoms with Gasteiger partial charge >= 0.3 is 0 Å². The highest BCUT2D eigenvalue weighted by molar-refractivity contribution is 4.89. The molecule has 2 unspecified atom stereocenters. The molecule has 2 atom stereocenters. The van der Waals surface area contributed by atoms with E-state index in [2.05, 4.69) is 25.8 Å². The van der Waals surface area contributed by atoms with E-state index in [-0.39, 0.29) is 0 Å². The minimum atomic E-state index is 0.577. The lowest BCUT2D eigenvalue weighted by molar-refractivity contribution is 0.0666. The zero-order valence-electron chi connectivity index (χ0n) is 13.3. The van der Waals surface area contributed by atoms with Crippen molar-refractivity contribution in [1.82, 2.24) is 4.90 Å². The molecule has 0 bridgehead atoms. The van der Waals surface area contributed by atoms with Gasteiger partial charge in [-0.05, 0) is 63.5 Å². The van der Waals surface area contributed by atoms with Crippen LogP contribution < -0.4 is 5.73 Å². The number of nitrogens with two attached hydrogens (primary N) is 1. The van der Waals surface area contributed by atoms with E-state index < -0.39 is 0 Å². The molecule has 2 rings (SSSR count). The maximum absolute atomic E-state index is 6.05. The highest BCUT2D eigenvalue weighted by Gasteiger charge is 2.34. The molecule has 0 saturated heterocycles. The predicted molar refractivity (Wildman–Crippen MR) is 83.2 cm³/mol. The molecular formula is C17H34N2. The van der Waals surface area contributed by atoms with Crippen molar-refractivity contribution < 1.29 is 0 Å². The minimum Gasteiger partial charge on any atom is -0.330 e. The van der Waals surface area contributed by atoms with Crippen LogP contribution in [0.5, 0.6) is 0 Å². The number of nitrogens with zero attached hydrogens (tertiary/aromatic N) is 1. The van der Waals surface area contributed by atoms with Crippen molar-refractivity contribution in [2.24, 2.45) is 17.1 Å². The fourth-order valence-electron chi connectivity index (χ4n) is 4.24. The molecule has 0 amide bonds. The zero-order chi connectivity index (χ0) is 13.9. The largest absolute Gasteiger partial charge is 0.330 e. The molecule has 2 aliphatic carbocycles. The second kappa shape index (κ2) is 6.58. The van der Waals surface area contributed by atoms with Crippen molar-refractivity contribution in [3.8, 4) is 0 Å². The average molecular weight is 266 g/mol. The highest BCUT2D eigenvalue weighted by Crippen LogP contribution is 2.38. The average Bonchev–Trinajstić information content (AvgIpc) is 2.62. The Hall–Kier alpha value is -0.0800. The van der Waals surface area contributed by atoms with Crippen molar-refractivity contribution in [2.45, 2.75) is 83.7 Å². The maximum Gasteiger partial charge on any atom is 0.0135 e. The van der Waals surface area contributed by atoms with Gasteiger partial charge in [0.1, 0.15) is 0 Å². The molecular weight excluding hydrogens is 232 g/mol. The van der Waals surface area contributed by atoms with Crippen LogP contribution in [-0.2, 0) is 0 Å². The predicted octanol–water partition coefficient (Wildman–Crippen LogP) is 3.79. The van der Waals surface area contributed by atoms with Crippen LogP contribution in [-0.4, -0.2) is 30.6 Å². The lowest BCUT2D eigenvalue weighted by Gasteiger charge is -2.43. The summed E-state index contributed by atoms with van der Waals surface area (Å²) >= 11 is 0. The molecule has 0 aliphatic heterocycles. The normalized spacial score (nSPS) is 33.3. The van der Waals surface area contributed by atoms with Gasteiger partial charge < -0.3 is 10.6 Å². The monoisotopic (exact) mass is 266 g/mol. The van der Waals surface area contributed by atoms with E-state index in [4.69, 9.17) is 5.73 Å². The van der Waals surface area contributed by atoms with Crippen LogP contribution in [0.25, 0.3) is 0 Å². The van der Waals surface area contributed by atoms with E-state index in [0.29, 0.717) is 5.41 Å². The molecule has 2 aliphatic rings. The summed E-state index contributed by atoms with van der Waals surface area (Å²) in [4.78, 5) is 2.72. The lowest BCUT2D eigenvalue weighted by atomic mass is 9.75. The van der Waals surface area contributed by atoms with Gasteiger partial charge in [0.25, 0.3) is 0 Å². The van der Waals surface area contributed by atoms with Gasteiger partial charge in [0.05, 0.1) is 0 Å². The Balaban J connectivity index is 1.95. The van der Waals surface area contributed by atoms with Crippen molar-refractivity contribution in [3.63, 3.8) is 0 Å². The summed E-state index contributed by atoms with van der Waals surface area (Å²) in [6.45, 7) is 5.74. The summed E-state index contributed by atoms with van der Waals surface area (Å²) in [6.07, 6.45) is 12.5. The molecule has 2 N–H and O–H groups in total. The third-order valence-corrected chi connectivity index (χ3v) is 5.83. The molecule has 0 aromatic heterocycles. The Kier molecular flexibility index (Phi) is 5.30. The summed E-state index contributed by atoms with van der Waals surface area (Å²) < 4.78 is 0. The Morgan fingerprint density at radius 3 is 2.26 bits per heavy atom. The Bertz CT molecular complexity index is 264. The van der Waals surface area contributed by atoms with E-state index in [9.17, 15) is 0 Å². The molecule has 2 fully saturated rings. The second-order valence-corrected chi connectivity index (χ2v) is 7.76. The number of hydrogen-bond donors (Lipinski definition) is 1. The maximum atomic E-state index is 6.05. The summed E-state index contributed by atoms with van der Waals surface area (Å²) in [5.41, 5.74) is 6.62. The van der Waals surface area contributed by atoms with Crippen LogP contribution in [0, 0.1) is 11.3 Å². The van der Waals surface area contributed by atoms with Crippen molar-refractivity contribution in [1.29, 1.82) is 0 Å².